The summed E-state index contributed by atoms with van der Waals surface area (Å²) in [6, 6.07) is 8.09. The summed E-state index contributed by atoms with van der Waals surface area (Å²) in [6.07, 6.45) is 6.53. The number of nitrogens with two attached hydrogens (primary N) is 2. The Morgan fingerprint density at radius 1 is 1.22 bits per heavy atom. The molecule has 0 spiro atoms. The number of nitrogens with zero attached hydrogens (tertiary/aromatic N) is 5. The van der Waals surface area contributed by atoms with Crippen LogP contribution in [0.15, 0.2) is 48.6 Å². The molecular weight excluding hydrogens is 458 g/mol. The molecule has 10 nitrogen and oxygen atoms in total. The van der Waals surface area contributed by atoms with Crippen molar-refractivity contribution >= 4 is 28.2 Å². The summed E-state index contributed by atoms with van der Waals surface area (Å²) < 4.78 is 13.3. The fraction of sp³-hybridized carbons (Fsp3) is 0.423. The second-order valence-electron chi connectivity index (χ2n) is 9.38. The van der Waals surface area contributed by atoms with Crippen LogP contribution in [-0.2, 0) is 20.8 Å². The molecule has 190 valence electrons. The predicted octanol–water partition coefficient (Wildman–Crippen LogP) is 2.42. The molecule has 36 heavy (non-hydrogen) atoms. The zero-order valence-corrected chi connectivity index (χ0v) is 20.8. The number of amides is 1. The number of ether oxygens (including phenoxy) is 2. The standard InChI is InChI=1S/C26H33N7O3/c1-17-11-19(3-6-29-17)26-33(24(16-36-26)25(28)34)23-12-20-15-30-32(9-10-35-2)21(20)13-22(23)31-7-4-18(14-27)5-8-31/h3,6,11-13,15-16,18,26H,4-5,7-10,14,27H2,1-2H3,(H2,28,34). The molecule has 0 saturated carbocycles. The molecule has 0 radical (unpaired) electrons. The Bertz CT molecular complexity index is 1280. The SMILES string of the molecule is COCCn1ncc2cc(N3C(C(N)=O)=COC3c3ccnc(C)c3)c(N3CCC(CN)CC3)cc21. The first kappa shape index (κ1) is 24.1. The number of aromatic nitrogens is 3. The van der Waals surface area contributed by atoms with Crippen LogP contribution in [0.25, 0.3) is 10.9 Å². The molecule has 1 atom stereocenters. The molecule has 2 aromatic heterocycles. The Morgan fingerprint density at radius 2 is 2.03 bits per heavy atom. The van der Waals surface area contributed by atoms with E-state index in [-0.39, 0.29) is 0 Å². The van der Waals surface area contributed by atoms with Crippen molar-refractivity contribution in [3.05, 3.63) is 59.9 Å². The average Bonchev–Trinajstić information content (AvgIpc) is 3.51. The number of piperidine rings is 1. The maximum atomic E-state index is 12.5. The van der Waals surface area contributed by atoms with E-state index in [1.165, 1.54) is 6.26 Å². The lowest BCUT2D eigenvalue weighted by Gasteiger charge is -2.37. The fourth-order valence-electron chi connectivity index (χ4n) is 5.07. The summed E-state index contributed by atoms with van der Waals surface area (Å²) >= 11 is 0. The van der Waals surface area contributed by atoms with E-state index in [2.05, 4.69) is 27.1 Å². The zero-order valence-electron chi connectivity index (χ0n) is 20.8. The van der Waals surface area contributed by atoms with Crippen LogP contribution >= 0.6 is 0 Å². The van der Waals surface area contributed by atoms with Crippen molar-refractivity contribution in [2.75, 3.05) is 43.2 Å². The second kappa shape index (κ2) is 10.2. The molecule has 1 aromatic carbocycles. The van der Waals surface area contributed by atoms with Crippen LogP contribution < -0.4 is 21.3 Å². The van der Waals surface area contributed by atoms with E-state index >= 15 is 0 Å². The van der Waals surface area contributed by atoms with Gasteiger partial charge >= 0.3 is 0 Å². The Labute approximate surface area is 210 Å². The number of carbonyl (C=O) groups excluding carboxylic acids is 1. The summed E-state index contributed by atoms with van der Waals surface area (Å²) in [5.41, 5.74) is 16.7. The largest absolute Gasteiger partial charge is 0.471 e. The topological polar surface area (TPSA) is 125 Å². The fourth-order valence-corrected chi connectivity index (χ4v) is 5.07. The molecule has 4 heterocycles. The van der Waals surface area contributed by atoms with Gasteiger partial charge in [0.25, 0.3) is 5.91 Å². The lowest BCUT2D eigenvalue weighted by molar-refractivity contribution is -0.114. The molecule has 1 saturated heterocycles. The van der Waals surface area contributed by atoms with Crippen molar-refractivity contribution < 1.29 is 14.3 Å². The van der Waals surface area contributed by atoms with E-state index in [1.54, 1.807) is 13.3 Å². The van der Waals surface area contributed by atoms with Gasteiger partial charge in [0.1, 0.15) is 12.0 Å². The number of hydrogen-bond donors (Lipinski definition) is 2. The van der Waals surface area contributed by atoms with E-state index in [4.69, 9.17) is 20.9 Å². The summed E-state index contributed by atoms with van der Waals surface area (Å²) in [4.78, 5) is 21.1. The molecular formula is C26H33N7O3. The lowest BCUT2D eigenvalue weighted by atomic mass is 9.96. The number of primary amides is 1. The highest BCUT2D eigenvalue weighted by Crippen LogP contribution is 2.44. The minimum absolute atomic E-state index is 0.304. The molecule has 1 amide bonds. The number of carbonyl (C=O) groups is 1. The van der Waals surface area contributed by atoms with E-state index in [9.17, 15) is 4.79 Å². The van der Waals surface area contributed by atoms with Crippen molar-refractivity contribution in [1.29, 1.82) is 0 Å². The molecule has 5 rings (SSSR count). The van der Waals surface area contributed by atoms with Gasteiger partial charge in [-0.1, -0.05) is 0 Å². The van der Waals surface area contributed by atoms with Gasteiger partial charge in [-0.05, 0) is 56.5 Å². The number of pyridine rings is 1. The van der Waals surface area contributed by atoms with Crippen LogP contribution in [0.1, 0.15) is 30.3 Å². The summed E-state index contributed by atoms with van der Waals surface area (Å²) in [5, 5.41) is 5.55. The summed E-state index contributed by atoms with van der Waals surface area (Å²) in [7, 11) is 1.68. The lowest BCUT2D eigenvalue weighted by Crippen LogP contribution is -2.38. The molecule has 2 aliphatic rings. The number of fused-ring (bicyclic) bond motifs is 1. The van der Waals surface area contributed by atoms with Crippen molar-refractivity contribution in [3.8, 4) is 0 Å². The maximum Gasteiger partial charge on any atom is 0.268 e. The van der Waals surface area contributed by atoms with Crippen molar-refractivity contribution in [2.45, 2.75) is 32.5 Å². The van der Waals surface area contributed by atoms with E-state index in [0.29, 0.717) is 31.3 Å². The van der Waals surface area contributed by atoms with Crippen LogP contribution in [-0.4, -0.2) is 54.0 Å². The Kier molecular flexibility index (Phi) is 6.80. The first-order valence-corrected chi connectivity index (χ1v) is 12.3. The van der Waals surface area contributed by atoms with Gasteiger partial charge in [0.2, 0.25) is 6.23 Å². The smallest absolute Gasteiger partial charge is 0.268 e. The second-order valence-corrected chi connectivity index (χ2v) is 9.38. The monoisotopic (exact) mass is 491 g/mol. The molecule has 3 aromatic rings. The van der Waals surface area contributed by atoms with Crippen LogP contribution in [0.3, 0.4) is 0 Å². The van der Waals surface area contributed by atoms with Crippen LogP contribution in [0, 0.1) is 12.8 Å². The van der Waals surface area contributed by atoms with Crippen LogP contribution in [0.4, 0.5) is 11.4 Å². The minimum atomic E-state index is -0.549. The third kappa shape index (κ3) is 4.49. The normalized spacial score (nSPS) is 18.5. The number of methoxy groups -OCH3 is 1. The first-order chi connectivity index (χ1) is 17.5. The number of anilines is 2. The van der Waals surface area contributed by atoms with Gasteiger partial charge in [0, 0.05) is 43.0 Å². The molecule has 2 aliphatic heterocycles. The summed E-state index contributed by atoms with van der Waals surface area (Å²) in [6.45, 7) is 5.58. The van der Waals surface area contributed by atoms with E-state index in [0.717, 1.165) is 59.5 Å². The van der Waals surface area contributed by atoms with Gasteiger partial charge in [-0.3, -0.25) is 19.4 Å². The quantitative estimate of drug-likeness (QED) is 0.492. The van der Waals surface area contributed by atoms with Crippen LogP contribution in [0.2, 0.25) is 0 Å². The van der Waals surface area contributed by atoms with Gasteiger partial charge in [-0.2, -0.15) is 5.10 Å². The maximum absolute atomic E-state index is 12.5. The predicted molar refractivity (Wildman–Crippen MR) is 138 cm³/mol. The number of rotatable bonds is 8. The highest BCUT2D eigenvalue weighted by molar-refractivity contribution is 6.00. The zero-order chi connectivity index (χ0) is 25.2. The Morgan fingerprint density at radius 3 is 2.72 bits per heavy atom. The average molecular weight is 492 g/mol. The van der Waals surface area contributed by atoms with Crippen molar-refractivity contribution in [2.24, 2.45) is 17.4 Å². The highest BCUT2D eigenvalue weighted by atomic mass is 16.5. The Balaban J connectivity index is 1.64. The number of benzene rings is 1. The minimum Gasteiger partial charge on any atom is -0.471 e. The first-order valence-electron chi connectivity index (χ1n) is 12.3. The summed E-state index contributed by atoms with van der Waals surface area (Å²) in [5.74, 6) is -0.0312. The molecule has 10 heteroatoms. The van der Waals surface area contributed by atoms with E-state index < -0.39 is 12.1 Å². The van der Waals surface area contributed by atoms with E-state index in [1.807, 2.05) is 34.8 Å². The van der Waals surface area contributed by atoms with Gasteiger partial charge in [0.05, 0.1) is 36.2 Å². The van der Waals surface area contributed by atoms with Gasteiger partial charge in [-0.15, -0.1) is 0 Å². The number of hydrogen-bond acceptors (Lipinski definition) is 8. The molecule has 4 N–H and O–H groups in total. The van der Waals surface area contributed by atoms with Crippen LogP contribution in [0.5, 0.6) is 0 Å². The third-order valence-corrected chi connectivity index (χ3v) is 7.05. The molecule has 0 aliphatic carbocycles. The number of aryl methyl sites for hydroxylation is 1. The highest BCUT2D eigenvalue weighted by Gasteiger charge is 2.36. The Hall–Kier alpha value is -3.63. The molecule has 0 bridgehead atoms. The van der Waals surface area contributed by atoms with Crippen molar-refractivity contribution in [1.82, 2.24) is 14.8 Å². The van der Waals surface area contributed by atoms with Crippen molar-refractivity contribution in [3.63, 3.8) is 0 Å². The van der Waals surface area contributed by atoms with Gasteiger partial charge in [0.15, 0.2) is 0 Å². The molecule has 1 fully saturated rings. The molecule has 1 unspecified atom stereocenters. The van der Waals surface area contributed by atoms with Gasteiger partial charge < -0.3 is 25.8 Å². The third-order valence-electron chi connectivity index (χ3n) is 7.05. The van der Waals surface area contributed by atoms with Gasteiger partial charge in [-0.25, -0.2) is 0 Å².